The summed E-state index contributed by atoms with van der Waals surface area (Å²) in [5, 5.41) is 24.1. The summed E-state index contributed by atoms with van der Waals surface area (Å²) in [4.78, 5) is 32.0. The second-order valence-electron chi connectivity index (χ2n) is 5.75. The molecule has 1 N–H and O–H groups in total. The number of non-ortho nitro benzene ring substituents is 2. The van der Waals surface area contributed by atoms with E-state index in [2.05, 4.69) is 10.1 Å². The minimum Gasteiger partial charge on any atom is -0.406 e. The van der Waals surface area contributed by atoms with Crippen LogP contribution in [0.15, 0.2) is 42.5 Å². The molecule has 2 aromatic carbocycles. The molecule has 10 nitrogen and oxygen atoms in total. The van der Waals surface area contributed by atoms with Gasteiger partial charge in [0.25, 0.3) is 17.3 Å². The van der Waals surface area contributed by atoms with Crippen LogP contribution < -0.4 is 10.1 Å². The van der Waals surface area contributed by atoms with E-state index in [1.807, 2.05) is 0 Å². The molecule has 0 fully saturated rings. The van der Waals surface area contributed by atoms with Gasteiger partial charge < -0.3 is 14.8 Å². The number of nitro benzene ring substituents is 2. The molecule has 0 atom stereocenters. The van der Waals surface area contributed by atoms with Crippen molar-refractivity contribution >= 4 is 17.3 Å². The van der Waals surface area contributed by atoms with Gasteiger partial charge in [0.15, 0.2) is 0 Å². The summed E-state index contributed by atoms with van der Waals surface area (Å²) in [6, 6.07) is 7.57. The quantitative estimate of drug-likeness (QED) is 0.350. The highest BCUT2D eigenvalue weighted by Crippen LogP contribution is 2.23. The molecule has 2 rings (SSSR count). The fraction of sp³-hybridized carbons (Fsp3) is 0.278. The van der Waals surface area contributed by atoms with Crippen LogP contribution in [-0.2, 0) is 11.3 Å². The van der Waals surface area contributed by atoms with Crippen molar-refractivity contribution in [3.63, 3.8) is 0 Å². The van der Waals surface area contributed by atoms with E-state index < -0.39 is 33.5 Å². The number of ether oxygens (including phenoxy) is 2. The van der Waals surface area contributed by atoms with Gasteiger partial charge in [0.1, 0.15) is 5.75 Å². The minimum atomic E-state index is -4.78. The van der Waals surface area contributed by atoms with Gasteiger partial charge in [-0.15, -0.1) is 13.2 Å². The fourth-order valence-electron chi connectivity index (χ4n) is 2.25. The van der Waals surface area contributed by atoms with Crippen LogP contribution in [0, 0.1) is 20.2 Å². The molecule has 13 heteroatoms. The Labute approximate surface area is 173 Å². The minimum absolute atomic E-state index is 0. The monoisotopic (exact) mass is 445 g/mol. The van der Waals surface area contributed by atoms with Crippen molar-refractivity contribution < 1.29 is 37.3 Å². The topological polar surface area (TPSA) is 134 Å². The molecule has 0 spiro atoms. The van der Waals surface area contributed by atoms with Crippen molar-refractivity contribution in [1.82, 2.24) is 5.32 Å². The molecule has 0 unspecified atom stereocenters. The molecular weight excluding hydrogens is 427 g/mol. The van der Waals surface area contributed by atoms with Crippen molar-refractivity contribution in [2.24, 2.45) is 0 Å². The molecule has 0 heterocycles. The van der Waals surface area contributed by atoms with Gasteiger partial charge in [-0.25, -0.2) is 0 Å². The molecule has 1 amide bonds. The lowest BCUT2D eigenvalue weighted by Crippen LogP contribution is -2.27. The number of benzene rings is 2. The van der Waals surface area contributed by atoms with E-state index in [4.69, 9.17) is 4.74 Å². The number of nitrogens with zero attached hydrogens (tertiary/aromatic N) is 2. The second-order valence-corrected chi connectivity index (χ2v) is 5.75. The Kier molecular flexibility index (Phi) is 8.87. The number of hydrogen-bond acceptors (Lipinski definition) is 7. The number of nitrogens with one attached hydrogen (secondary N) is 1. The number of alkyl halides is 3. The van der Waals surface area contributed by atoms with E-state index in [0.29, 0.717) is 5.56 Å². The predicted molar refractivity (Wildman–Crippen MR) is 102 cm³/mol. The van der Waals surface area contributed by atoms with Gasteiger partial charge in [-0.1, -0.05) is 19.6 Å². The van der Waals surface area contributed by atoms with E-state index in [0.717, 1.165) is 30.3 Å². The lowest BCUT2D eigenvalue weighted by atomic mass is 10.1. The van der Waals surface area contributed by atoms with Crippen molar-refractivity contribution in [3.8, 4) is 5.75 Å². The van der Waals surface area contributed by atoms with Crippen LogP contribution in [0.2, 0.25) is 0 Å². The van der Waals surface area contributed by atoms with Crippen LogP contribution in [-0.4, -0.2) is 35.3 Å². The Balaban J connectivity index is 0.00000480. The summed E-state index contributed by atoms with van der Waals surface area (Å²) in [6.45, 7) is 0.0542. The summed E-state index contributed by atoms with van der Waals surface area (Å²) < 4.78 is 45.3. The maximum Gasteiger partial charge on any atom is 0.573 e. The number of carbonyl (C=O) groups excluding carboxylic acids is 1. The number of rotatable bonds is 9. The fourth-order valence-corrected chi connectivity index (χ4v) is 2.25. The third-order valence-corrected chi connectivity index (χ3v) is 3.54. The number of amides is 1. The molecule has 0 aliphatic carbocycles. The number of hydrogen-bond donors (Lipinski definition) is 1. The Morgan fingerprint density at radius 1 is 1.00 bits per heavy atom. The first kappa shape index (κ1) is 25.3. The third kappa shape index (κ3) is 8.26. The molecule has 0 saturated carbocycles. The molecule has 0 bridgehead atoms. The first-order valence-electron chi connectivity index (χ1n) is 8.19. The van der Waals surface area contributed by atoms with E-state index in [1.54, 1.807) is 0 Å². The highest BCUT2D eigenvalue weighted by molar-refractivity contribution is 5.95. The van der Waals surface area contributed by atoms with Gasteiger partial charge in [-0.05, 0) is 17.7 Å². The molecule has 168 valence electrons. The van der Waals surface area contributed by atoms with Crippen LogP contribution in [0.3, 0.4) is 0 Å². The first-order chi connectivity index (χ1) is 14.0. The van der Waals surface area contributed by atoms with Crippen molar-refractivity contribution in [2.75, 3.05) is 13.2 Å². The molecule has 0 aromatic heterocycles. The first-order valence-corrected chi connectivity index (χ1v) is 8.19. The maximum atomic E-state index is 12.1. The smallest absolute Gasteiger partial charge is 0.406 e. The van der Waals surface area contributed by atoms with Crippen molar-refractivity contribution in [3.05, 3.63) is 73.8 Å². The molecule has 0 aliphatic heterocycles. The number of carbonyl (C=O) groups is 1. The highest BCUT2D eigenvalue weighted by Gasteiger charge is 2.30. The van der Waals surface area contributed by atoms with Crippen molar-refractivity contribution in [2.45, 2.75) is 20.4 Å². The highest BCUT2D eigenvalue weighted by atomic mass is 19.4. The molecule has 2 aromatic rings. The van der Waals surface area contributed by atoms with Crippen LogP contribution in [0.25, 0.3) is 0 Å². The van der Waals surface area contributed by atoms with Gasteiger partial charge in [-0.2, -0.15) is 0 Å². The molecule has 0 aliphatic rings. The van der Waals surface area contributed by atoms with Crippen molar-refractivity contribution in [1.29, 1.82) is 0 Å². The summed E-state index contributed by atoms with van der Waals surface area (Å²) in [7, 11) is 0. The second kappa shape index (κ2) is 10.9. The van der Waals surface area contributed by atoms with E-state index >= 15 is 0 Å². The lowest BCUT2D eigenvalue weighted by molar-refractivity contribution is -0.394. The summed E-state index contributed by atoms with van der Waals surface area (Å²) in [6.07, 6.45) is -4.78. The molecule has 0 saturated heterocycles. The molecule has 31 heavy (non-hydrogen) atoms. The lowest BCUT2D eigenvalue weighted by Gasteiger charge is -2.10. The Morgan fingerprint density at radius 3 is 2.03 bits per heavy atom. The van der Waals surface area contributed by atoms with Crippen LogP contribution >= 0.6 is 0 Å². The average Bonchev–Trinajstić information content (AvgIpc) is 2.67. The molecular formula is C18H18F3N3O7. The van der Waals surface area contributed by atoms with Gasteiger partial charge in [0.2, 0.25) is 0 Å². The third-order valence-electron chi connectivity index (χ3n) is 3.54. The summed E-state index contributed by atoms with van der Waals surface area (Å²) in [5.41, 5.74) is -0.881. The standard InChI is InChI=1S/C17H14F3N3O7.CH4/c18-17(19,20)30-15-3-1-11(2-4-15)10-29-6-5-21-16(24)12-7-13(22(25)26)9-14(8-12)23(27)28;/h1-4,7-9H,5-6,10H2,(H,21,24);1H4. The summed E-state index contributed by atoms with van der Waals surface area (Å²) in [5.74, 6) is -1.14. The zero-order valence-corrected chi connectivity index (χ0v) is 15.0. The van der Waals surface area contributed by atoms with Crippen LogP contribution in [0.1, 0.15) is 23.3 Å². The van der Waals surface area contributed by atoms with Gasteiger partial charge in [0.05, 0.1) is 34.7 Å². The average molecular weight is 445 g/mol. The molecule has 0 radical (unpaired) electrons. The van der Waals surface area contributed by atoms with Gasteiger partial charge in [-0.3, -0.25) is 25.0 Å². The van der Waals surface area contributed by atoms with Crippen LogP contribution in [0.4, 0.5) is 24.5 Å². The predicted octanol–water partition coefficient (Wildman–Crippen LogP) is 3.98. The van der Waals surface area contributed by atoms with E-state index in [9.17, 15) is 38.2 Å². The normalized spacial score (nSPS) is 10.7. The largest absolute Gasteiger partial charge is 0.573 e. The zero-order chi connectivity index (χ0) is 22.3. The maximum absolute atomic E-state index is 12.1. The number of halogens is 3. The van der Waals surface area contributed by atoms with E-state index in [1.165, 1.54) is 12.1 Å². The van der Waals surface area contributed by atoms with Gasteiger partial charge >= 0.3 is 6.36 Å². The summed E-state index contributed by atoms with van der Waals surface area (Å²) >= 11 is 0. The van der Waals surface area contributed by atoms with E-state index in [-0.39, 0.29) is 38.5 Å². The number of nitro groups is 2. The Bertz CT molecular complexity index is 902. The Hall–Kier alpha value is -3.74. The Morgan fingerprint density at radius 2 is 1.55 bits per heavy atom. The zero-order valence-electron chi connectivity index (χ0n) is 15.0. The SMILES string of the molecule is C.O=C(NCCOCc1ccc(OC(F)(F)F)cc1)c1cc([N+](=O)[O-])cc([N+](=O)[O-])c1. The van der Waals surface area contributed by atoms with Crippen LogP contribution in [0.5, 0.6) is 5.75 Å². The van der Waals surface area contributed by atoms with Gasteiger partial charge in [0, 0.05) is 18.7 Å².